The maximum Gasteiger partial charge on any atom is 0.138 e. The third-order valence-electron chi connectivity index (χ3n) is 3.32. The maximum atomic E-state index is 5.14. The van der Waals surface area contributed by atoms with Crippen molar-refractivity contribution in [2.75, 3.05) is 0 Å². The number of hydrogen-bond acceptors (Lipinski definition) is 5. The Labute approximate surface area is 122 Å². The van der Waals surface area contributed by atoms with Crippen molar-refractivity contribution >= 4 is 0 Å². The van der Waals surface area contributed by atoms with Crippen LogP contribution in [0, 0.1) is 13.8 Å². The Bertz CT molecular complexity index is 697. The second-order valence-corrected chi connectivity index (χ2v) is 4.87. The number of rotatable bonds is 5. The first-order valence-electron chi connectivity index (χ1n) is 6.83. The predicted octanol–water partition coefficient (Wildman–Crippen LogP) is 2.16. The molecule has 1 N–H and O–H groups in total. The molecule has 0 unspecified atom stereocenters. The molecule has 0 bridgehead atoms. The van der Waals surface area contributed by atoms with Gasteiger partial charge in [-0.15, -0.1) is 0 Å². The molecule has 6 nitrogen and oxygen atoms in total. The van der Waals surface area contributed by atoms with Gasteiger partial charge in [0.05, 0.1) is 23.3 Å². The van der Waals surface area contributed by atoms with Crippen LogP contribution < -0.4 is 5.32 Å². The zero-order chi connectivity index (χ0) is 14.7. The Morgan fingerprint density at radius 2 is 1.95 bits per heavy atom. The minimum absolute atomic E-state index is 0.650. The van der Waals surface area contributed by atoms with Gasteiger partial charge in [0.15, 0.2) is 0 Å². The van der Waals surface area contributed by atoms with Crippen molar-refractivity contribution in [3.8, 4) is 5.69 Å². The Morgan fingerprint density at radius 1 is 1.14 bits per heavy atom. The zero-order valence-electron chi connectivity index (χ0n) is 12.1. The van der Waals surface area contributed by atoms with E-state index in [1.807, 2.05) is 44.2 Å². The van der Waals surface area contributed by atoms with Gasteiger partial charge in [0, 0.05) is 18.7 Å². The molecule has 0 aliphatic rings. The molecule has 0 aliphatic heterocycles. The summed E-state index contributed by atoms with van der Waals surface area (Å²) in [6, 6.07) is 9.85. The molecule has 0 fully saturated rings. The predicted molar refractivity (Wildman–Crippen MR) is 77.9 cm³/mol. The molecule has 0 atom stereocenters. The highest BCUT2D eigenvalue weighted by Gasteiger charge is 2.08. The van der Waals surface area contributed by atoms with Crippen LogP contribution in [0.25, 0.3) is 5.69 Å². The van der Waals surface area contributed by atoms with Crippen LogP contribution in [0.5, 0.6) is 0 Å². The smallest absolute Gasteiger partial charge is 0.138 e. The summed E-state index contributed by atoms with van der Waals surface area (Å²) >= 11 is 0. The number of aryl methyl sites for hydroxylation is 2. The van der Waals surface area contributed by atoms with E-state index in [1.165, 1.54) is 0 Å². The largest absolute Gasteiger partial charge is 0.361 e. The summed E-state index contributed by atoms with van der Waals surface area (Å²) in [5, 5.41) is 16.0. The summed E-state index contributed by atoms with van der Waals surface area (Å²) in [4.78, 5) is 1.63. The monoisotopic (exact) mass is 283 g/mol. The summed E-state index contributed by atoms with van der Waals surface area (Å²) in [5.74, 6) is 0.855. The lowest BCUT2D eigenvalue weighted by Gasteiger charge is -2.01. The summed E-state index contributed by atoms with van der Waals surface area (Å²) in [6.45, 7) is 5.22. The third-order valence-corrected chi connectivity index (χ3v) is 3.32. The lowest BCUT2D eigenvalue weighted by Crippen LogP contribution is -2.14. The molecular formula is C15H17N5O. The van der Waals surface area contributed by atoms with Crippen molar-refractivity contribution in [3.63, 3.8) is 0 Å². The molecule has 3 rings (SSSR count). The number of para-hydroxylation sites is 1. The van der Waals surface area contributed by atoms with Gasteiger partial charge in [-0.3, -0.25) is 0 Å². The summed E-state index contributed by atoms with van der Waals surface area (Å²) in [6.07, 6.45) is 1.77. The number of nitrogens with one attached hydrogen (secondary N) is 1. The van der Waals surface area contributed by atoms with Crippen LogP contribution >= 0.6 is 0 Å². The van der Waals surface area contributed by atoms with E-state index < -0.39 is 0 Å². The Balaban J connectivity index is 1.61. The standard InChI is InChI=1S/C15H17N5O/c1-11-15(12(2)21-19-11)10-16-8-13-9-17-20(18-13)14-6-4-3-5-7-14/h3-7,9,16H,8,10H2,1-2H3. The van der Waals surface area contributed by atoms with Crippen molar-refractivity contribution in [1.29, 1.82) is 0 Å². The van der Waals surface area contributed by atoms with Gasteiger partial charge < -0.3 is 9.84 Å². The van der Waals surface area contributed by atoms with E-state index in [0.717, 1.165) is 28.4 Å². The molecular weight excluding hydrogens is 266 g/mol. The fourth-order valence-electron chi connectivity index (χ4n) is 2.13. The zero-order valence-corrected chi connectivity index (χ0v) is 12.1. The molecule has 2 aromatic heterocycles. The number of nitrogens with zero attached hydrogens (tertiary/aromatic N) is 4. The highest BCUT2D eigenvalue weighted by Crippen LogP contribution is 2.11. The molecule has 0 amide bonds. The molecule has 0 radical (unpaired) electrons. The van der Waals surface area contributed by atoms with Crippen LogP contribution in [0.4, 0.5) is 0 Å². The first kappa shape index (κ1) is 13.5. The fraction of sp³-hybridized carbons (Fsp3) is 0.267. The van der Waals surface area contributed by atoms with E-state index in [4.69, 9.17) is 4.52 Å². The van der Waals surface area contributed by atoms with Crippen LogP contribution in [0.1, 0.15) is 22.7 Å². The summed E-state index contributed by atoms with van der Waals surface area (Å²) in [7, 11) is 0. The molecule has 0 spiro atoms. The molecule has 1 aromatic carbocycles. The second-order valence-electron chi connectivity index (χ2n) is 4.87. The average molecular weight is 283 g/mol. The summed E-state index contributed by atoms with van der Waals surface area (Å²) in [5.41, 5.74) is 3.87. The average Bonchev–Trinajstić information content (AvgIpc) is 3.10. The molecule has 0 aliphatic carbocycles. The Kier molecular flexibility index (Phi) is 3.79. The van der Waals surface area contributed by atoms with Gasteiger partial charge in [0.1, 0.15) is 5.76 Å². The van der Waals surface area contributed by atoms with Crippen molar-refractivity contribution < 1.29 is 4.52 Å². The van der Waals surface area contributed by atoms with E-state index in [2.05, 4.69) is 20.7 Å². The van der Waals surface area contributed by atoms with Crippen LogP contribution in [-0.4, -0.2) is 20.2 Å². The SMILES string of the molecule is Cc1noc(C)c1CNCc1cnn(-c2ccccc2)n1. The van der Waals surface area contributed by atoms with E-state index in [0.29, 0.717) is 13.1 Å². The minimum atomic E-state index is 0.650. The third kappa shape index (κ3) is 3.00. The molecule has 3 aromatic rings. The highest BCUT2D eigenvalue weighted by atomic mass is 16.5. The lowest BCUT2D eigenvalue weighted by atomic mass is 10.2. The van der Waals surface area contributed by atoms with Crippen LogP contribution in [0.2, 0.25) is 0 Å². The van der Waals surface area contributed by atoms with Crippen molar-refractivity contribution in [2.24, 2.45) is 0 Å². The van der Waals surface area contributed by atoms with Crippen LogP contribution in [-0.2, 0) is 13.1 Å². The van der Waals surface area contributed by atoms with Crippen molar-refractivity contribution in [3.05, 3.63) is 59.2 Å². The lowest BCUT2D eigenvalue weighted by molar-refractivity contribution is 0.392. The van der Waals surface area contributed by atoms with Crippen molar-refractivity contribution in [2.45, 2.75) is 26.9 Å². The number of hydrogen-bond donors (Lipinski definition) is 1. The van der Waals surface area contributed by atoms with E-state index >= 15 is 0 Å². The van der Waals surface area contributed by atoms with Gasteiger partial charge in [-0.1, -0.05) is 23.4 Å². The molecule has 21 heavy (non-hydrogen) atoms. The van der Waals surface area contributed by atoms with Gasteiger partial charge in [-0.2, -0.15) is 15.0 Å². The van der Waals surface area contributed by atoms with Crippen LogP contribution in [0.3, 0.4) is 0 Å². The first-order chi connectivity index (χ1) is 10.2. The fourth-order valence-corrected chi connectivity index (χ4v) is 2.13. The number of aromatic nitrogens is 4. The Morgan fingerprint density at radius 3 is 2.67 bits per heavy atom. The first-order valence-corrected chi connectivity index (χ1v) is 6.83. The van der Waals surface area contributed by atoms with Gasteiger partial charge in [0.2, 0.25) is 0 Å². The number of benzene rings is 1. The van der Waals surface area contributed by atoms with E-state index in [1.54, 1.807) is 11.0 Å². The van der Waals surface area contributed by atoms with Gasteiger partial charge in [-0.05, 0) is 26.0 Å². The molecule has 108 valence electrons. The summed E-state index contributed by atoms with van der Waals surface area (Å²) < 4.78 is 5.14. The second kappa shape index (κ2) is 5.88. The minimum Gasteiger partial charge on any atom is -0.361 e. The molecule has 6 heteroatoms. The molecule has 2 heterocycles. The van der Waals surface area contributed by atoms with E-state index in [9.17, 15) is 0 Å². The Hall–Kier alpha value is -2.47. The topological polar surface area (TPSA) is 68.8 Å². The van der Waals surface area contributed by atoms with Crippen molar-refractivity contribution in [1.82, 2.24) is 25.5 Å². The van der Waals surface area contributed by atoms with Gasteiger partial charge in [-0.25, -0.2) is 0 Å². The normalized spacial score (nSPS) is 11.0. The maximum absolute atomic E-state index is 5.14. The van der Waals surface area contributed by atoms with Gasteiger partial charge in [0.25, 0.3) is 0 Å². The quantitative estimate of drug-likeness (QED) is 0.777. The van der Waals surface area contributed by atoms with Crippen LogP contribution in [0.15, 0.2) is 41.1 Å². The van der Waals surface area contributed by atoms with Gasteiger partial charge >= 0.3 is 0 Å². The molecule has 0 saturated heterocycles. The highest BCUT2D eigenvalue weighted by molar-refractivity contribution is 5.28. The van der Waals surface area contributed by atoms with E-state index in [-0.39, 0.29) is 0 Å². The molecule has 0 saturated carbocycles.